The van der Waals surface area contributed by atoms with Crippen molar-refractivity contribution in [1.29, 1.82) is 0 Å². The molecule has 0 bridgehead atoms. The Morgan fingerprint density at radius 2 is 1.37 bits per heavy atom. The number of hydrogen-bond acceptors (Lipinski definition) is 2. The number of hydrogen-bond donors (Lipinski definition) is 1. The van der Waals surface area contributed by atoms with E-state index in [1.165, 1.54) is 64.5 Å². The van der Waals surface area contributed by atoms with Crippen LogP contribution in [0.15, 0.2) is 0 Å². The molecule has 1 saturated carbocycles. The smallest absolute Gasteiger partial charge is 0.430 e. The second-order valence-corrected chi connectivity index (χ2v) is 5.34. The number of alkyl halides is 3. The normalized spacial score (nSPS) is 22.5. The maximum Gasteiger partial charge on any atom is 0.430 e. The number of rotatable bonds is 1. The van der Waals surface area contributed by atoms with Gasteiger partial charge in [-0.05, 0) is 44.9 Å². The van der Waals surface area contributed by atoms with Gasteiger partial charge in [0.05, 0.1) is 19.1 Å². The molecular weight excluding hydrogens is 259 g/mol. The van der Waals surface area contributed by atoms with Gasteiger partial charge >= 0.3 is 6.18 Å². The summed E-state index contributed by atoms with van der Waals surface area (Å²) in [5.41, 5.74) is 0. The number of aliphatic carboxylic acids is 1. The third kappa shape index (κ3) is 6.27. The van der Waals surface area contributed by atoms with E-state index in [9.17, 15) is 13.2 Å². The predicted molar refractivity (Wildman–Crippen MR) is 62.5 cm³/mol. The molecule has 2 rings (SSSR count). The Balaban J connectivity index is 0.000000224. The monoisotopic (exact) mass is 281 g/mol. The van der Waals surface area contributed by atoms with Gasteiger partial charge in [0.15, 0.2) is 0 Å². The molecule has 0 aromatic carbocycles. The van der Waals surface area contributed by atoms with Crippen molar-refractivity contribution in [2.75, 3.05) is 13.1 Å². The molecule has 0 amide bonds. The number of quaternary nitrogens is 1. The molecule has 1 N–H and O–H groups in total. The van der Waals surface area contributed by atoms with Crippen molar-refractivity contribution >= 4 is 5.97 Å². The molecule has 112 valence electrons. The van der Waals surface area contributed by atoms with Gasteiger partial charge in [-0.15, -0.1) is 0 Å². The minimum absolute atomic E-state index is 1.05. The number of carbonyl (C=O) groups is 1. The van der Waals surface area contributed by atoms with E-state index < -0.39 is 12.1 Å². The Morgan fingerprint density at radius 1 is 0.947 bits per heavy atom. The van der Waals surface area contributed by atoms with Crippen LogP contribution < -0.4 is 10.0 Å². The van der Waals surface area contributed by atoms with E-state index in [1.807, 2.05) is 4.90 Å². The standard InChI is InChI=1S/C11H21N.C2HF3O2/c1-3-7-11(8-4-1)12-9-5-2-6-10-12;3-2(4,5)1(6)7/h11H,1-10H2;(H,6,7). The van der Waals surface area contributed by atoms with E-state index in [-0.39, 0.29) is 0 Å². The van der Waals surface area contributed by atoms with Crippen molar-refractivity contribution in [3.05, 3.63) is 0 Å². The number of nitrogens with one attached hydrogen (secondary N) is 1. The lowest BCUT2D eigenvalue weighted by Crippen LogP contribution is -3.16. The largest absolute Gasteiger partial charge is 0.542 e. The van der Waals surface area contributed by atoms with Crippen LogP contribution in [0.2, 0.25) is 0 Å². The highest BCUT2D eigenvalue weighted by molar-refractivity contribution is 5.70. The highest BCUT2D eigenvalue weighted by Crippen LogP contribution is 2.16. The number of halogens is 3. The zero-order chi connectivity index (χ0) is 14.3. The van der Waals surface area contributed by atoms with E-state index in [1.54, 1.807) is 0 Å². The molecule has 3 nitrogen and oxygen atoms in total. The minimum atomic E-state index is -5.19. The zero-order valence-electron chi connectivity index (χ0n) is 11.1. The van der Waals surface area contributed by atoms with Crippen molar-refractivity contribution in [2.45, 2.75) is 63.6 Å². The van der Waals surface area contributed by atoms with Gasteiger partial charge in [-0.1, -0.05) is 6.42 Å². The number of carbonyl (C=O) groups excluding carboxylic acids is 1. The Labute approximate surface area is 111 Å². The van der Waals surface area contributed by atoms with Gasteiger partial charge in [-0.2, -0.15) is 13.2 Å². The lowest BCUT2D eigenvalue weighted by Gasteiger charge is -2.33. The van der Waals surface area contributed by atoms with Crippen molar-refractivity contribution in [3.8, 4) is 0 Å². The first kappa shape index (κ1) is 16.3. The van der Waals surface area contributed by atoms with Gasteiger partial charge in [0, 0.05) is 0 Å². The lowest BCUT2D eigenvalue weighted by molar-refractivity contribution is -0.931. The first-order valence-electron chi connectivity index (χ1n) is 7.04. The molecule has 1 aliphatic heterocycles. The molecule has 1 aliphatic carbocycles. The van der Waals surface area contributed by atoms with Crippen LogP contribution in [0.4, 0.5) is 13.2 Å². The van der Waals surface area contributed by atoms with Gasteiger partial charge < -0.3 is 14.8 Å². The first-order chi connectivity index (χ1) is 8.91. The summed E-state index contributed by atoms with van der Waals surface area (Å²) in [4.78, 5) is 10.7. The molecule has 0 spiro atoms. The molecule has 2 aliphatic rings. The molecule has 0 atom stereocenters. The van der Waals surface area contributed by atoms with Crippen LogP contribution in [0.25, 0.3) is 0 Å². The second-order valence-electron chi connectivity index (χ2n) is 5.34. The van der Waals surface area contributed by atoms with Crippen LogP contribution in [0.5, 0.6) is 0 Å². The Hall–Kier alpha value is -0.780. The van der Waals surface area contributed by atoms with Gasteiger partial charge in [0.25, 0.3) is 0 Å². The fraction of sp³-hybridized carbons (Fsp3) is 0.923. The van der Waals surface area contributed by atoms with E-state index in [4.69, 9.17) is 9.90 Å². The van der Waals surface area contributed by atoms with Gasteiger partial charge in [-0.25, -0.2) is 0 Å². The number of carboxylic acid groups (broad SMARTS) is 1. The molecule has 0 aromatic heterocycles. The summed E-state index contributed by atoms with van der Waals surface area (Å²) in [6.07, 6.45) is 6.85. The van der Waals surface area contributed by atoms with Gasteiger partial charge in [-0.3, -0.25) is 0 Å². The fourth-order valence-corrected chi connectivity index (χ4v) is 2.92. The van der Waals surface area contributed by atoms with Crippen LogP contribution in [0.3, 0.4) is 0 Å². The minimum Gasteiger partial charge on any atom is -0.542 e. The average molecular weight is 281 g/mol. The van der Waals surface area contributed by atoms with Crippen LogP contribution in [0.1, 0.15) is 51.4 Å². The SMILES string of the molecule is C1CCC([NH+]2CCCCC2)CC1.O=C([O-])C(F)(F)F. The van der Waals surface area contributed by atoms with Crippen molar-refractivity contribution < 1.29 is 28.0 Å². The third-order valence-electron chi connectivity index (χ3n) is 3.91. The summed E-state index contributed by atoms with van der Waals surface area (Å²) >= 11 is 0. The maximum atomic E-state index is 10.5. The molecular formula is C13H22F3NO2. The Kier molecular flexibility index (Phi) is 6.62. The highest BCUT2D eigenvalue weighted by atomic mass is 19.4. The molecule has 2 fully saturated rings. The average Bonchev–Trinajstić information content (AvgIpc) is 2.40. The Bertz CT molecular complexity index is 254. The van der Waals surface area contributed by atoms with Crippen LogP contribution >= 0.6 is 0 Å². The molecule has 0 unspecified atom stereocenters. The first-order valence-corrected chi connectivity index (χ1v) is 7.04. The number of likely N-dealkylation sites (tertiary alicyclic amines) is 1. The predicted octanol–water partition coefficient (Wildman–Crippen LogP) is 0.686. The molecule has 19 heavy (non-hydrogen) atoms. The van der Waals surface area contributed by atoms with Gasteiger partial charge in [0.1, 0.15) is 5.97 Å². The van der Waals surface area contributed by atoms with Crippen molar-refractivity contribution in [2.24, 2.45) is 0 Å². The maximum absolute atomic E-state index is 10.5. The highest BCUT2D eigenvalue weighted by Gasteiger charge is 2.28. The van der Waals surface area contributed by atoms with Crippen LogP contribution in [-0.4, -0.2) is 31.3 Å². The van der Waals surface area contributed by atoms with E-state index >= 15 is 0 Å². The molecule has 6 heteroatoms. The summed E-state index contributed by atoms with van der Waals surface area (Å²) in [6.45, 7) is 2.95. The number of piperidine rings is 1. The summed E-state index contributed by atoms with van der Waals surface area (Å²) in [6, 6.07) is 1.05. The van der Waals surface area contributed by atoms with E-state index in [0.29, 0.717) is 0 Å². The zero-order valence-corrected chi connectivity index (χ0v) is 11.1. The van der Waals surface area contributed by atoms with Crippen molar-refractivity contribution in [3.63, 3.8) is 0 Å². The fourth-order valence-electron chi connectivity index (χ4n) is 2.92. The topological polar surface area (TPSA) is 44.6 Å². The molecule has 1 heterocycles. The summed E-state index contributed by atoms with van der Waals surface area (Å²) in [5.74, 6) is -3.01. The van der Waals surface area contributed by atoms with Crippen LogP contribution in [-0.2, 0) is 4.79 Å². The third-order valence-corrected chi connectivity index (χ3v) is 3.91. The molecule has 1 saturated heterocycles. The lowest BCUT2D eigenvalue weighted by atomic mass is 9.93. The molecule has 0 radical (unpaired) electrons. The van der Waals surface area contributed by atoms with E-state index in [0.717, 1.165) is 6.04 Å². The van der Waals surface area contributed by atoms with Crippen molar-refractivity contribution in [1.82, 2.24) is 0 Å². The Morgan fingerprint density at radius 3 is 1.79 bits per heavy atom. The van der Waals surface area contributed by atoms with Crippen LogP contribution in [0, 0.1) is 0 Å². The molecule has 0 aromatic rings. The van der Waals surface area contributed by atoms with E-state index in [2.05, 4.69) is 0 Å². The van der Waals surface area contributed by atoms with Gasteiger partial charge in [0.2, 0.25) is 0 Å². The second kappa shape index (κ2) is 7.72. The number of carboxylic acids is 1. The summed E-state index contributed by atoms with van der Waals surface area (Å²) in [5, 5.41) is 8.78. The summed E-state index contributed by atoms with van der Waals surface area (Å²) < 4.78 is 31.5. The summed E-state index contributed by atoms with van der Waals surface area (Å²) in [7, 11) is 0. The quantitative estimate of drug-likeness (QED) is 0.768.